The first kappa shape index (κ1) is 28.0. The minimum atomic E-state index is -5.08. The fraction of sp³-hybridized carbons (Fsp3) is 0.375. The standard InChI is InChI=1S/C22H23N7O2.C2HF3O2/c1-3-4-11-28-18-19(25-21(28)27-12-9-24-10-13-27)29(22(31)26(2)20(18)30)15-17-8-6-5-7-16(17)14-23;3-2(4,5)1(6)7/h5-8,24H,9-13,15H2,1-2H3;(H,6,7). The summed E-state index contributed by atoms with van der Waals surface area (Å²) in [4.78, 5) is 41.9. The number of hydrogen-bond acceptors (Lipinski definition) is 7. The van der Waals surface area contributed by atoms with Crippen LogP contribution in [0.4, 0.5) is 19.1 Å². The minimum absolute atomic E-state index is 0.144. The third-order valence-electron chi connectivity index (χ3n) is 5.73. The molecule has 0 radical (unpaired) electrons. The largest absolute Gasteiger partial charge is 0.490 e. The number of hydrogen-bond donors (Lipinski definition) is 2. The molecule has 1 aromatic carbocycles. The second kappa shape index (κ2) is 11.7. The third-order valence-corrected chi connectivity index (χ3v) is 5.73. The second-order valence-electron chi connectivity index (χ2n) is 8.14. The number of carbonyl (C=O) groups is 1. The summed E-state index contributed by atoms with van der Waals surface area (Å²) in [7, 11) is 1.46. The molecule has 2 aromatic heterocycles. The number of benzene rings is 1. The number of imidazole rings is 1. The van der Waals surface area contributed by atoms with E-state index < -0.39 is 23.4 Å². The number of carboxylic acids is 1. The van der Waals surface area contributed by atoms with Crippen molar-refractivity contribution in [2.45, 2.75) is 26.2 Å². The number of nitrogens with one attached hydrogen (secondary N) is 1. The number of halogens is 3. The highest BCUT2D eigenvalue weighted by Crippen LogP contribution is 2.21. The fourth-order valence-electron chi connectivity index (χ4n) is 3.84. The van der Waals surface area contributed by atoms with E-state index >= 15 is 0 Å². The van der Waals surface area contributed by atoms with Crippen molar-refractivity contribution in [3.63, 3.8) is 0 Å². The molecule has 11 nitrogen and oxygen atoms in total. The molecule has 0 atom stereocenters. The van der Waals surface area contributed by atoms with Gasteiger partial charge in [0.25, 0.3) is 5.56 Å². The summed E-state index contributed by atoms with van der Waals surface area (Å²) >= 11 is 0. The van der Waals surface area contributed by atoms with Gasteiger partial charge in [0.2, 0.25) is 5.95 Å². The maximum absolute atomic E-state index is 13.1. The minimum Gasteiger partial charge on any atom is -0.475 e. The summed E-state index contributed by atoms with van der Waals surface area (Å²) in [6.07, 6.45) is -5.08. The highest BCUT2D eigenvalue weighted by molar-refractivity contribution is 5.75. The number of aliphatic carboxylic acids is 1. The van der Waals surface area contributed by atoms with E-state index in [1.807, 2.05) is 6.07 Å². The Balaban J connectivity index is 0.000000505. The Labute approximate surface area is 214 Å². The van der Waals surface area contributed by atoms with Crippen LogP contribution in [0.25, 0.3) is 11.2 Å². The number of aromatic nitrogens is 4. The van der Waals surface area contributed by atoms with Crippen molar-refractivity contribution in [2.75, 3.05) is 31.1 Å². The van der Waals surface area contributed by atoms with Gasteiger partial charge in [0.05, 0.1) is 24.7 Å². The first-order valence-corrected chi connectivity index (χ1v) is 11.3. The number of anilines is 1. The number of piperazine rings is 1. The SMILES string of the molecule is CC#CCn1c(N2CCNCC2)nc2c1c(=O)n(C)c(=O)n2Cc1ccccc1C#N.O=C(O)C(F)(F)F. The molecule has 0 amide bonds. The quantitative estimate of drug-likeness (QED) is 0.474. The Hall–Kier alpha value is -4.56. The summed E-state index contributed by atoms with van der Waals surface area (Å²) in [5, 5.41) is 19.9. The molecule has 1 aliphatic rings. The predicted molar refractivity (Wildman–Crippen MR) is 132 cm³/mol. The Morgan fingerprint density at radius 2 is 1.82 bits per heavy atom. The first-order valence-electron chi connectivity index (χ1n) is 11.3. The summed E-state index contributed by atoms with van der Waals surface area (Å²) in [6.45, 7) is 5.29. The van der Waals surface area contributed by atoms with E-state index in [4.69, 9.17) is 14.9 Å². The fourth-order valence-corrected chi connectivity index (χ4v) is 3.84. The van der Waals surface area contributed by atoms with E-state index in [-0.39, 0.29) is 6.54 Å². The van der Waals surface area contributed by atoms with Crippen LogP contribution in [-0.4, -0.2) is 62.1 Å². The lowest BCUT2D eigenvalue weighted by Gasteiger charge is -2.28. The molecule has 0 aliphatic carbocycles. The number of carboxylic acid groups (broad SMARTS) is 1. The summed E-state index contributed by atoms with van der Waals surface area (Å²) < 4.78 is 36.1. The summed E-state index contributed by atoms with van der Waals surface area (Å²) in [6, 6.07) is 9.28. The van der Waals surface area contributed by atoms with Crippen molar-refractivity contribution in [2.24, 2.45) is 7.05 Å². The Morgan fingerprint density at radius 1 is 1.18 bits per heavy atom. The van der Waals surface area contributed by atoms with Gasteiger partial charge < -0.3 is 15.3 Å². The number of fused-ring (bicyclic) bond motifs is 1. The second-order valence-corrected chi connectivity index (χ2v) is 8.14. The lowest BCUT2D eigenvalue weighted by Crippen LogP contribution is -2.44. The Morgan fingerprint density at radius 3 is 2.39 bits per heavy atom. The molecule has 0 bridgehead atoms. The molecule has 200 valence electrons. The highest BCUT2D eigenvalue weighted by Gasteiger charge is 2.38. The lowest BCUT2D eigenvalue weighted by molar-refractivity contribution is -0.192. The molecule has 0 spiro atoms. The molecular weight excluding hydrogens is 507 g/mol. The van der Waals surface area contributed by atoms with E-state index in [1.54, 1.807) is 29.7 Å². The highest BCUT2D eigenvalue weighted by atomic mass is 19.4. The maximum Gasteiger partial charge on any atom is 0.490 e. The van der Waals surface area contributed by atoms with Gasteiger partial charge in [-0.2, -0.15) is 23.4 Å². The summed E-state index contributed by atoms with van der Waals surface area (Å²) in [5.41, 5.74) is 0.953. The number of rotatable bonds is 4. The maximum atomic E-state index is 13.1. The summed E-state index contributed by atoms with van der Waals surface area (Å²) in [5.74, 6) is 3.77. The van der Waals surface area contributed by atoms with Crippen molar-refractivity contribution in [3.8, 4) is 17.9 Å². The first-order chi connectivity index (χ1) is 18.0. The van der Waals surface area contributed by atoms with E-state index in [0.717, 1.165) is 30.7 Å². The van der Waals surface area contributed by atoms with Gasteiger partial charge in [-0.25, -0.2) is 9.59 Å². The monoisotopic (exact) mass is 531 g/mol. The van der Waals surface area contributed by atoms with Crippen LogP contribution >= 0.6 is 0 Å². The predicted octanol–water partition coefficient (Wildman–Crippen LogP) is 0.883. The van der Waals surface area contributed by atoms with Crippen LogP contribution in [0.3, 0.4) is 0 Å². The zero-order valence-corrected chi connectivity index (χ0v) is 20.5. The van der Waals surface area contributed by atoms with E-state index in [0.29, 0.717) is 34.8 Å². The van der Waals surface area contributed by atoms with E-state index in [2.05, 4.69) is 28.1 Å². The molecule has 1 aliphatic heterocycles. The molecule has 0 saturated carbocycles. The zero-order chi connectivity index (χ0) is 28.0. The average molecular weight is 531 g/mol. The normalized spacial score (nSPS) is 13.2. The van der Waals surface area contributed by atoms with Crippen molar-refractivity contribution < 1.29 is 23.1 Å². The van der Waals surface area contributed by atoms with E-state index in [9.17, 15) is 28.0 Å². The van der Waals surface area contributed by atoms with Gasteiger partial charge in [-0.05, 0) is 18.6 Å². The molecule has 3 heterocycles. The van der Waals surface area contributed by atoms with Crippen molar-refractivity contribution in [1.29, 1.82) is 5.26 Å². The zero-order valence-electron chi connectivity index (χ0n) is 20.5. The van der Waals surface area contributed by atoms with Crippen LogP contribution < -0.4 is 21.5 Å². The lowest BCUT2D eigenvalue weighted by atomic mass is 10.1. The van der Waals surface area contributed by atoms with Crippen molar-refractivity contribution >= 4 is 23.1 Å². The molecule has 1 fully saturated rings. The molecule has 38 heavy (non-hydrogen) atoms. The molecule has 1 saturated heterocycles. The van der Waals surface area contributed by atoms with Gasteiger partial charge in [-0.3, -0.25) is 18.5 Å². The van der Waals surface area contributed by atoms with Crippen molar-refractivity contribution in [3.05, 3.63) is 56.2 Å². The molecule has 4 rings (SSSR count). The number of alkyl halides is 3. The van der Waals surface area contributed by atoms with Gasteiger partial charge >= 0.3 is 17.8 Å². The molecule has 2 N–H and O–H groups in total. The van der Waals surface area contributed by atoms with Gasteiger partial charge in [0, 0.05) is 33.2 Å². The van der Waals surface area contributed by atoms with Crippen LogP contribution in [0.1, 0.15) is 18.1 Å². The smallest absolute Gasteiger partial charge is 0.475 e. The van der Waals surface area contributed by atoms with E-state index in [1.165, 1.54) is 11.6 Å². The van der Waals surface area contributed by atoms with Gasteiger partial charge in [-0.1, -0.05) is 24.1 Å². The topological polar surface area (TPSA) is 138 Å². The number of nitrogens with zero attached hydrogens (tertiary/aromatic N) is 6. The van der Waals surface area contributed by atoms with Crippen molar-refractivity contribution in [1.82, 2.24) is 24.0 Å². The van der Waals surface area contributed by atoms with Gasteiger partial charge in [0.1, 0.15) is 0 Å². The molecule has 3 aromatic rings. The average Bonchev–Trinajstić information content (AvgIpc) is 3.28. The Bertz CT molecular complexity index is 1560. The molecular formula is C24H24F3N7O4. The third kappa shape index (κ3) is 5.87. The van der Waals surface area contributed by atoms with Crippen LogP contribution in [0.15, 0.2) is 33.9 Å². The van der Waals surface area contributed by atoms with Crippen LogP contribution in [0.2, 0.25) is 0 Å². The van der Waals surface area contributed by atoms with Gasteiger partial charge in [-0.15, -0.1) is 5.92 Å². The molecule has 14 heteroatoms. The molecule has 0 unspecified atom stereocenters. The Kier molecular flexibility index (Phi) is 8.60. The van der Waals surface area contributed by atoms with Crippen LogP contribution in [-0.2, 0) is 24.9 Å². The van der Waals surface area contributed by atoms with Crippen LogP contribution in [0, 0.1) is 23.2 Å². The number of nitriles is 1. The van der Waals surface area contributed by atoms with Crippen LogP contribution in [0.5, 0.6) is 0 Å². The van der Waals surface area contributed by atoms with Gasteiger partial charge in [0.15, 0.2) is 11.2 Å².